The summed E-state index contributed by atoms with van der Waals surface area (Å²) in [6, 6.07) is 12.0. The first-order valence-corrected chi connectivity index (χ1v) is 10.6. The van der Waals surface area contributed by atoms with E-state index in [2.05, 4.69) is 30.4 Å². The molecular weight excluding hydrogens is 436 g/mol. The van der Waals surface area contributed by atoms with Crippen LogP contribution >= 0.6 is 0 Å². The Morgan fingerprint density at radius 1 is 1.00 bits per heavy atom. The van der Waals surface area contributed by atoms with Crippen LogP contribution in [0.25, 0.3) is 0 Å². The van der Waals surface area contributed by atoms with Crippen molar-refractivity contribution in [1.82, 2.24) is 5.32 Å². The molecule has 3 N–H and O–H groups in total. The number of amides is 3. The van der Waals surface area contributed by atoms with E-state index in [0.29, 0.717) is 9.79 Å². The summed E-state index contributed by atoms with van der Waals surface area (Å²) in [6.07, 6.45) is -1.65. The molecular formula is C21H24N4O6S. The highest BCUT2D eigenvalue weighted by molar-refractivity contribution is 7.91. The van der Waals surface area contributed by atoms with Crippen LogP contribution in [0.15, 0.2) is 57.2 Å². The Hall–Kier alpha value is -3.57. The maximum atomic E-state index is 13.0. The number of guanidine groups is 1. The van der Waals surface area contributed by atoms with Gasteiger partial charge >= 0.3 is 12.2 Å². The lowest BCUT2D eigenvalue weighted by molar-refractivity contribution is -0.115. The monoisotopic (exact) mass is 460 g/mol. The maximum Gasteiger partial charge on any atom is 0.436 e. The van der Waals surface area contributed by atoms with Gasteiger partial charge in [0.05, 0.1) is 25.6 Å². The van der Waals surface area contributed by atoms with Crippen LogP contribution in [0.3, 0.4) is 0 Å². The van der Waals surface area contributed by atoms with Crippen LogP contribution < -0.4 is 16.0 Å². The number of rotatable bonds is 5. The van der Waals surface area contributed by atoms with Crippen LogP contribution in [0, 0.1) is 6.92 Å². The number of aliphatic imine (C=N–C) groups is 1. The number of hydrogen-bond acceptors (Lipinski definition) is 6. The molecule has 2 aromatic rings. The highest BCUT2D eigenvalue weighted by Gasteiger charge is 2.19. The van der Waals surface area contributed by atoms with Gasteiger partial charge in [-0.25, -0.2) is 9.59 Å². The van der Waals surface area contributed by atoms with Crippen molar-refractivity contribution in [3.63, 3.8) is 0 Å². The quantitative estimate of drug-likeness (QED) is 0.353. The molecule has 0 aromatic heterocycles. The zero-order chi connectivity index (χ0) is 23.7. The molecule has 0 saturated heterocycles. The molecule has 1 unspecified atom stereocenters. The van der Waals surface area contributed by atoms with Gasteiger partial charge in [0.15, 0.2) is 9.79 Å². The number of aryl methyl sites for hydroxylation is 1. The lowest BCUT2D eigenvalue weighted by Gasteiger charge is -2.17. The van der Waals surface area contributed by atoms with Crippen molar-refractivity contribution in [2.75, 3.05) is 24.9 Å². The third-order valence-electron chi connectivity index (χ3n) is 4.04. The number of nitrogens with zero attached hydrogens (tertiary/aromatic N) is 1. The molecule has 0 bridgehead atoms. The molecule has 0 fully saturated rings. The van der Waals surface area contributed by atoms with E-state index < -0.39 is 23.4 Å². The Balaban J connectivity index is 2.44. The predicted molar refractivity (Wildman–Crippen MR) is 120 cm³/mol. The molecule has 2 aromatic carbocycles. The summed E-state index contributed by atoms with van der Waals surface area (Å²) < 4.78 is 22.0. The summed E-state index contributed by atoms with van der Waals surface area (Å²) in [5, 5.41) is 7.70. The van der Waals surface area contributed by atoms with Gasteiger partial charge in [-0.1, -0.05) is 19.1 Å². The van der Waals surface area contributed by atoms with E-state index in [9.17, 15) is 18.9 Å². The zero-order valence-electron chi connectivity index (χ0n) is 18.1. The van der Waals surface area contributed by atoms with E-state index in [1.165, 1.54) is 0 Å². The number of benzene rings is 2. The molecule has 11 heteroatoms. The fourth-order valence-electron chi connectivity index (χ4n) is 2.46. The van der Waals surface area contributed by atoms with E-state index in [-0.39, 0.29) is 29.7 Å². The van der Waals surface area contributed by atoms with Gasteiger partial charge in [0.1, 0.15) is 0 Å². The van der Waals surface area contributed by atoms with Crippen molar-refractivity contribution in [3.05, 3.63) is 48.0 Å². The van der Waals surface area contributed by atoms with Gasteiger partial charge < -0.3 is 24.7 Å². The van der Waals surface area contributed by atoms with Gasteiger partial charge in [-0.15, -0.1) is 4.99 Å². The summed E-state index contributed by atoms with van der Waals surface area (Å²) in [6.45, 7) is 3.58. The first-order chi connectivity index (χ1) is 15.3. The smallest absolute Gasteiger partial charge is 0.436 e. The lowest BCUT2D eigenvalue weighted by Crippen LogP contribution is -2.36. The van der Waals surface area contributed by atoms with Gasteiger partial charge in [-0.05, 0) is 36.8 Å². The number of methoxy groups -OCH3 is 2. The number of carbonyl (C=O) groups is 3. The van der Waals surface area contributed by atoms with E-state index in [0.717, 1.165) is 19.8 Å². The Bertz CT molecular complexity index is 1030. The van der Waals surface area contributed by atoms with Crippen molar-refractivity contribution in [2.45, 2.75) is 30.1 Å². The molecule has 3 amide bonds. The second kappa shape index (κ2) is 11.7. The molecule has 0 heterocycles. The highest BCUT2D eigenvalue weighted by Crippen LogP contribution is 2.29. The average molecular weight is 461 g/mol. The van der Waals surface area contributed by atoms with E-state index in [1.54, 1.807) is 31.2 Å². The minimum absolute atomic E-state index is 0.203. The molecule has 0 aliphatic rings. The van der Waals surface area contributed by atoms with Crippen molar-refractivity contribution in [2.24, 2.45) is 4.99 Å². The van der Waals surface area contributed by atoms with Crippen LogP contribution in [0.4, 0.5) is 21.0 Å². The fourth-order valence-corrected chi connectivity index (χ4v) is 3.64. The summed E-state index contributed by atoms with van der Waals surface area (Å²) in [5.74, 6) is -0.581. The topological polar surface area (TPSA) is 141 Å². The molecule has 0 saturated carbocycles. The van der Waals surface area contributed by atoms with Crippen LogP contribution in [0.2, 0.25) is 0 Å². The van der Waals surface area contributed by atoms with Crippen LogP contribution in [-0.2, 0) is 25.4 Å². The lowest BCUT2D eigenvalue weighted by atomic mass is 10.2. The minimum atomic E-state index is -1.50. The number of hydrogen-bond donors (Lipinski definition) is 3. The number of alkyl carbamates (subject to hydrolysis) is 1. The number of nitrogens with one attached hydrogen (secondary N) is 3. The van der Waals surface area contributed by atoms with Gasteiger partial charge in [0.2, 0.25) is 11.9 Å². The SMILES string of the molecule is CCC(=O)Nc1cc([S+]([O-])c2cccc(C)c2)ccc1NC(=NC(=O)OC)NC(=O)OC. The Kier molecular flexibility index (Phi) is 9.05. The van der Waals surface area contributed by atoms with Gasteiger partial charge in [0, 0.05) is 23.7 Å². The molecule has 2 rings (SSSR count). The normalized spacial score (nSPS) is 11.8. The molecule has 0 aliphatic heterocycles. The molecule has 0 spiro atoms. The fraction of sp³-hybridized carbons (Fsp3) is 0.238. The summed E-state index contributed by atoms with van der Waals surface area (Å²) in [5.41, 5.74) is 1.53. The third-order valence-corrected chi connectivity index (χ3v) is 5.40. The average Bonchev–Trinajstić information content (AvgIpc) is 2.79. The maximum absolute atomic E-state index is 13.0. The van der Waals surface area contributed by atoms with Crippen LogP contribution in [0.1, 0.15) is 18.9 Å². The van der Waals surface area contributed by atoms with Crippen molar-refractivity contribution >= 4 is 46.6 Å². The van der Waals surface area contributed by atoms with Crippen LogP contribution in [-0.4, -0.2) is 42.8 Å². The van der Waals surface area contributed by atoms with Gasteiger partial charge in [-0.3, -0.25) is 10.1 Å². The summed E-state index contributed by atoms with van der Waals surface area (Å²) in [4.78, 5) is 39.9. The minimum Gasteiger partial charge on any atom is -0.606 e. The second-order valence-corrected chi connectivity index (χ2v) is 7.85. The Labute approximate surface area is 188 Å². The molecule has 10 nitrogen and oxygen atoms in total. The predicted octanol–water partition coefficient (Wildman–Crippen LogP) is 3.40. The zero-order valence-corrected chi connectivity index (χ0v) is 18.9. The molecule has 0 aliphatic carbocycles. The first-order valence-electron chi connectivity index (χ1n) is 9.48. The van der Waals surface area contributed by atoms with Crippen molar-refractivity contribution in [3.8, 4) is 0 Å². The standard InChI is InChI=1S/C21H24N4O6S/c1-5-18(26)22-17-12-15(32(29)14-8-6-7-13(2)11-14)9-10-16(17)23-19(24-20(27)30-3)25-21(28)31-4/h6-12H,5H2,1-4H3,(H,22,26)(H2,23,24,25,27,28). The molecule has 1 atom stereocenters. The van der Waals surface area contributed by atoms with E-state index in [4.69, 9.17) is 0 Å². The van der Waals surface area contributed by atoms with Crippen LogP contribution in [0.5, 0.6) is 0 Å². The third kappa shape index (κ3) is 7.00. The van der Waals surface area contributed by atoms with Crippen molar-refractivity contribution in [1.29, 1.82) is 0 Å². The number of anilines is 2. The summed E-state index contributed by atoms with van der Waals surface area (Å²) >= 11 is -1.50. The highest BCUT2D eigenvalue weighted by atomic mass is 32.2. The molecule has 32 heavy (non-hydrogen) atoms. The number of ether oxygens (including phenoxy) is 2. The molecule has 170 valence electrons. The number of carbonyl (C=O) groups excluding carboxylic acids is 3. The Morgan fingerprint density at radius 2 is 1.72 bits per heavy atom. The van der Waals surface area contributed by atoms with Crippen molar-refractivity contribution < 1.29 is 28.4 Å². The first kappa shape index (κ1) is 24.7. The summed E-state index contributed by atoms with van der Waals surface area (Å²) in [7, 11) is 2.28. The van der Waals surface area contributed by atoms with E-state index >= 15 is 0 Å². The Morgan fingerprint density at radius 3 is 2.34 bits per heavy atom. The second-order valence-electron chi connectivity index (χ2n) is 6.37. The largest absolute Gasteiger partial charge is 0.606 e. The molecule has 0 radical (unpaired) electrons. The van der Waals surface area contributed by atoms with Gasteiger partial charge in [-0.2, -0.15) is 0 Å². The van der Waals surface area contributed by atoms with E-state index in [1.807, 2.05) is 25.1 Å². The van der Waals surface area contributed by atoms with Gasteiger partial charge in [0.25, 0.3) is 0 Å².